The van der Waals surface area contributed by atoms with Gasteiger partial charge in [0.2, 0.25) is 11.8 Å². The molecule has 2 rings (SSSR count). The molecule has 1 unspecified atom stereocenters. The normalized spacial score (nSPS) is 17.0. The lowest BCUT2D eigenvalue weighted by Gasteiger charge is -2.17. The van der Waals surface area contributed by atoms with Gasteiger partial charge in [0.05, 0.1) is 5.92 Å². The van der Waals surface area contributed by atoms with Crippen molar-refractivity contribution in [1.82, 2.24) is 15.5 Å². The number of likely N-dealkylation sites (N-methyl/N-ethyl adjacent to an activating group) is 1. The summed E-state index contributed by atoms with van der Waals surface area (Å²) in [5, 5.41) is 6.05. The van der Waals surface area contributed by atoms with E-state index in [1.54, 1.807) is 4.90 Å². The largest absolute Gasteiger partial charge is 0.355 e. The molecule has 1 atom stereocenters. The van der Waals surface area contributed by atoms with Crippen LogP contribution in [-0.4, -0.2) is 42.9 Å². The quantitative estimate of drug-likeness (QED) is 0.740. The average molecular weight is 340 g/mol. The van der Waals surface area contributed by atoms with Crippen LogP contribution in [0.15, 0.2) is 24.3 Å². The summed E-state index contributed by atoms with van der Waals surface area (Å²) in [6.45, 7) is 7.42. The predicted octanol–water partition coefficient (Wildman–Crippen LogP) is 1.49. The van der Waals surface area contributed by atoms with Crippen LogP contribution in [0.3, 0.4) is 0 Å². The molecular weight excluding hydrogens is 314 g/mol. The number of hydrogen-bond acceptors (Lipinski definition) is 3. The van der Waals surface area contributed by atoms with Crippen LogP contribution in [0.25, 0.3) is 0 Å². The molecule has 2 amide bonds. The SMILES string of the molecule is CCNCCNC(=O)C1CC(=O)N(Cc2ccc(C)cc2)C1.Cl. The topological polar surface area (TPSA) is 61.4 Å². The van der Waals surface area contributed by atoms with E-state index < -0.39 is 0 Å². The lowest BCUT2D eigenvalue weighted by atomic mass is 10.1. The van der Waals surface area contributed by atoms with Gasteiger partial charge in [0.25, 0.3) is 0 Å². The molecule has 23 heavy (non-hydrogen) atoms. The number of aryl methyl sites for hydroxylation is 1. The number of carbonyl (C=O) groups excluding carboxylic acids is 2. The maximum atomic E-state index is 12.1. The molecule has 2 N–H and O–H groups in total. The molecule has 0 spiro atoms. The van der Waals surface area contributed by atoms with Crippen molar-refractivity contribution in [3.05, 3.63) is 35.4 Å². The number of nitrogens with one attached hydrogen (secondary N) is 2. The van der Waals surface area contributed by atoms with E-state index in [4.69, 9.17) is 0 Å². The first-order chi connectivity index (χ1) is 10.6. The average Bonchev–Trinajstić information content (AvgIpc) is 2.87. The molecule has 1 saturated heterocycles. The highest BCUT2D eigenvalue weighted by molar-refractivity contribution is 5.89. The Labute approximate surface area is 144 Å². The molecular formula is C17H26ClN3O2. The highest BCUT2D eigenvalue weighted by Crippen LogP contribution is 2.20. The van der Waals surface area contributed by atoms with Gasteiger partial charge in [0.1, 0.15) is 0 Å². The fourth-order valence-corrected chi connectivity index (χ4v) is 2.61. The molecule has 5 nitrogen and oxygen atoms in total. The zero-order valence-corrected chi connectivity index (χ0v) is 14.6. The van der Waals surface area contributed by atoms with Crippen molar-refractivity contribution in [2.45, 2.75) is 26.8 Å². The third kappa shape index (κ3) is 5.84. The zero-order valence-electron chi connectivity index (χ0n) is 13.8. The molecule has 0 aliphatic carbocycles. The minimum atomic E-state index is -0.223. The van der Waals surface area contributed by atoms with Crippen molar-refractivity contribution in [1.29, 1.82) is 0 Å². The van der Waals surface area contributed by atoms with Gasteiger partial charge in [0, 0.05) is 32.6 Å². The van der Waals surface area contributed by atoms with Crippen LogP contribution >= 0.6 is 12.4 Å². The maximum Gasteiger partial charge on any atom is 0.225 e. The summed E-state index contributed by atoms with van der Waals surface area (Å²) in [4.78, 5) is 25.9. The number of rotatable bonds is 7. The summed E-state index contributed by atoms with van der Waals surface area (Å²) in [5.74, 6) is -0.176. The number of likely N-dealkylation sites (tertiary alicyclic amines) is 1. The third-order valence-corrected chi connectivity index (χ3v) is 3.93. The van der Waals surface area contributed by atoms with Gasteiger partial charge in [-0.1, -0.05) is 36.8 Å². The molecule has 0 radical (unpaired) electrons. The molecule has 1 aromatic rings. The monoisotopic (exact) mass is 339 g/mol. The van der Waals surface area contributed by atoms with Gasteiger partial charge in [-0.25, -0.2) is 0 Å². The summed E-state index contributed by atoms with van der Waals surface area (Å²) in [7, 11) is 0. The van der Waals surface area contributed by atoms with E-state index in [1.807, 2.05) is 38.1 Å². The highest BCUT2D eigenvalue weighted by atomic mass is 35.5. The molecule has 128 valence electrons. The molecule has 6 heteroatoms. The predicted molar refractivity (Wildman–Crippen MR) is 93.5 cm³/mol. The van der Waals surface area contributed by atoms with Gasteiger partial charge in [-0.05, 0) is 19.0 Å². The van der Waals surface area contributed by atoms with Crippen LogP contribution in [0, 0.1) is 12.8 Å². The van der Waals surface area contributed by atoms with Gasteiger partial charge in [-0.2, -0.15) is 0 Å². The summed E-state index contributed by atoms with van der Waals surface area (Å²) < 4.78 is 0. The highest BCUT2D eigenvalue weighted by Gasteiger charge is 2.33. The molecule has 0 aromatic heterocycles. The Bertz CT molecular complexity index is 519. The van der Waals surface area contributed by atoms with Crippen LogP contribution in [-0.2, 0) is 16.1 Å². The number of hydrogen-bond donors (Lipinski definition) is 2. The first kappa shape index (κ1) is 19.5. The Morgan fingerprint density at radius 1 is 1.26 bits per heavy atom. The molecule has 1 aliphatic rings. The zero-order chi connectivity index (χ0) is 15.9. The van der Waals surface area contributed by atoms with Gasteiger partial charge >= 0.3 is 0 Å². The first-order valence-electron chi connectivity index (χ1n) is 7.92. The standard InChI is InChI=1S/C17H25N3O2.ClH/c1-3-18-8-9-19-17(22)15-10-16(21)20(12-15)11-14-6-4-13(2)5-7-14;/h4-7,15,18H,3,8-12H2,1-2H3,(H,19,22);1H. The Morgan fingerprint density at radius 3 is 2.61 bits per heavy atom. The van der Waals surface area contributed by atoms with Crippen LogP contribution in [0.5, 0.6) is 0 Å². The van der Waals surface area contributed by atoms with Crippen LogP contribution in [0.1, 0.15) is 24.5 Å². The minimum absolute atomic E-state index is 0. The summed E-state index contributed by atoms with van der Waals surface area (Å²) >= 11 is 0. The van der Waals surface area contributed by atoms with Gasteiger partial charge < -0.3 is 15.5 Å². The second kappa shape index (κ2) is 9.53. The maximum absolute atomic E-state index is 12.1. The fraction of sp³-hybridized carbons (Fsp3) is 0.529. The van der Waals surface area contributed by atoms with E-state index in [-0.39, 0.29) is 30.1 Å². The third-order valence-electron chi connectivity index (χ3n) is 3.93. The van der Waals surface area contributed by atoms with Crippen LogP contribution < -0.4 is 10.6 Å². The van der Waals surface area contributed by atoms with Crippen molar-refractivity contribution >= 4 is 24.2 Å². The van der Waals surface area contributed by atoms with Crippen molar-refractivity contribution < 1.29 is 9.59 Å². The lowest BCUT2D eigenvalue weighted by molar-refractivity contribution is -0.129. The van der Waals surface area contributed by atoms with E-state index in [0.29, 0.717) is 26.1 Å². The lowest BCUT2D eigenvalue weighted by Crippen LogP contribution is -2.36. The molecule has 1 aromatic carbocycles. The Kier molecular flexibility index (Phi) is 8.06. The molecule has 1 fully saturated rings. The van der Waals surface area contributed by atoms with Crippen molar-refractivity contribution in [2.75, 3.05) is 26.2 Å². The van der Waals surface area contributed by atoms with Crippen molar-refractivity contribution in [2.24, 2.45) is 5.92 Å². The van der Waals surface area contributed by atoms with E-state index in [1.165, 1.54) is 5.56 Å². The van der Waals surface area contributed by atoms with Crippen LogP contribution in [0.4, 0.5) is 0 Å². The summed E-state index contributed by atoms with van der Waals surface area (Å²) in [5.41, 5.74) is 2.31. The number of halogens is 1. The minimum Gasteiger partial charge on any atom is -0.355 e. The number of nitrogens with zero attached hydrogens (tertiary/aromatic N) is 1. The smallest absolute Gasteiger partial charge is 0.225 e. The number of carbonyl (C=O) groups is 2. The Morgan fingerprint density at radius 2 is 1.96 bits per heavy atom. The van der Waals surface area contributed by atoms with Crippen molar-refractivity contribution in [3.63, 3.8) is 0 Å². The second-order valence-electron chi connectivity index (χ2n) is 5.81. The van der Waals surface area contributed by atoms with E-state index in [9.17, 15) is 9.59 Å². The number of amides is 2. The van der Waals surface area contributed by atoms with Crippen molar-refractivity contribution in [3.8, 4) is 0 Å². The number of benzene rings is 1. The Balaban J connectivity index is 0.00000264. The van der Waals surface area contributed by atoms with Gasteiger partial charge in [-0.15, -0.1) is 12.4 Å². The fourth-order valence-electron chi connectivity index (χ4n) is 2.61. The molecule has 0 saturated carbocycles. The molecule has 0 bridgehead atoms. The summed E-state index contributed by atoms with van der Waals surface area (Å²) in [6, 6.07) is 8.15. The second-order valence-corrected chi connectivity index (χ2v) is 5.81. The van der Waals surface area contributed by atoms with E-state index >= 15 is 0 Å². The summed E-state index contributed by atoms with van der Waals surface area (Å²) in [6.07, 6.45) is 0.318. The van der Waals surface area contributed by atoms with Gasteiger partial charge in [0.15, 0.2) is 0 Å². The van der Waals surface area contributed by atoms with E-state index in [2.05, 4.69) is 10.6 Å². The van der Waals surface area contributed by atoms with Crippen LogP contribution in [0.2, 0.25) is 0 Å². The van der Waals surface area contributed by atoms with E-state index in [0.717, 1.165) is 18.7 Å². The van der Waals surface area contributed by atoms with Gasteiger partial charge in [-0.3, -0.25) is 9.59 Å². The molecule has 1 aliphatic heterocycles. The Hall–Kier alpha value is -1.59. The first-order valence-corrected chi connectivity index (χ1v) is 7.92. The molecule has 1 heterocycles.